The van der Waals surface area contributed by atoms with Crippen molar-refractivity contribution in [2.75, 3.05) is 7.11 Å². The molecule has 0 aliphatic heterocycles. The lowest BCUT2D eigenvalue weighted by atomic mass is 9.76. The van der Waals surface area contributed by atoms with Crippen molar-refractivity contribution in [2.24, 2.45) is 0 Å². The van der Waals surface area contributed by atoms with E-state index in [1.165, 1.54) is 0 Å². The zero-order chi connectivity index (χ0) is 9.03. The molecule has 1 saturated carbocycles. The summed E-state index contributed by atoms with van der Waals surface area (Å²) in [5.74, 6) is 5.64. The standard InChI is InChI=1S/C10H14O2/c1-3-4-6-9(11)10(12-2)7-5-8-10/h5-8H2,1-2H3. The van der Waals surface area contributed by atoms with Crippen LogP contribution in [-0.2, 0) is 9.53 Å². The highest BCUT2D eigenvalue weighted by molar-refractivity contribution is 5.90. The molecule has 0 heterocycles. The van der Waals surface area contributed by atoms with Crippen molar-refractivity contribution in [2.45, 2.75) is 38.2 Å². The van der Waals surface area contributed by atoms with Crippen molar-refractivity contribution < 1.29 is 9.53 Å². The van der Waals surface area contributed by atoms with Gasteiger partial charge in [0.15, 0.2) is 5.78 Å². The van der Waals surface area contributed by atoms with Crippen LogP contribution in [0.5, 0.6) is 0 Å². The van der Waals surface area contributed by atoms with Crippen molar-refractivity contribution in [3.05, 3.63) is 0 Å². The highest BCUT2D eigenvalue weighted by atomic mass is 16.5. The number of carbonyl (C=O) groups is 1. The maximum Gasteiger partial charge on any atom is 0.176 e. The zero-order valence-corrected chi connectivity index (χ0v) is 7.64. The Bertz CT molecular complexity index is 222. The lowest BCUT2D eigenvalue weighted by Crippen LogP contribution is -2.46. The fraction of sp³-hybridized carbons (Fsp3) is 0.700. The van der Waals surface area contributed by atoms with Gasteiger partial charge < -0.3 is 4.74 Å². The Morgan fingerprint density at radius 2 is 2.25 bits per heavy atom. The number of Topliss-reactive ketones (excluding diaryl/α,β-unsaturated/α-hetero) is 1. The summed E-state index contributed by atoms with van der Waals surface area (Å²) in [7, 11) is 1.61. The van der Waals surface area contributed by atoms with Gasteiger partial charge in [-0.2, -0.15) is 0 Å². The third-order valence-electron chi connectivity index (χ3n) is 2.49. The molecule has 0 atom stereocenters. The monoisotopic (exact) mass is 166 g/mol. The van der Waals surface area contributed by atoms with Crippen LogP contribution >= 0.6 is 0 Å². The molecule has 1 aliphatic carbocycles. The minimum atomic E-state index is -0.468. The maximum atomic E-state index is 11.5. The summed E-state index contributed by atoms with van der Waals surface area (Å²) >= 11 is 0. The lowest BCUT2D eigenvalue weighted by Gasteiger charge is -2.38. The normalized spacial score (nSPS) is 18.8. The Hall–Kier alpha value is -0.810. The molecule has 0 amide bonds. The van der Waals surface area contributed by atoms with Crippen molar-refractivity contribution in [3.8, 4) is 11.8 Å². The van der Waals surface area contributed by atoms with Gasteiger partial charge in [-0.1, -0.05) is 5.92 Å². The molecule has 0 aromatic heterocycles. The van der Waals surface area contributed by atoms with Gasteiger partial charge in [-0.25, -0.2) is 0 Å². The van der Waals surface area contributed by atoms with E-state index in [0.717, 1.165) is 19.3 Å². The lowest BCUT2D eigenvalue weighted by molar-refractivity contribution is -0.150. The molecule has 12 heavy (non-hydrogen) atoms. The first-order valence-corrected chi connectivity index (χ1v) is 4.23. The van der Waals surface area contributed by atoms with Crippen molar-refractivity contribution in [3.63, 3.8) is 0 Å². The van der Waals surface area contributed by atoms with Crippen LogP contribution in [0.2, 0.25) is 0 Å². The number of hydrogen-bond acceptors (Lipinski definition) is 2. The smallest absolute Gasteiger partial charge is 0.176 e. The molecule has 0 radical (unpaired) electrons. The van der Waals surface area contributed by atoms with Crippen LogP contribution in [-0.4, -0.2) is 18.5 Å². The molecule has 0 unspecified atom stereocenters. The second-order valence-electron chi connectivity index (χ2n) is 3.08. The summed E-state index contributed by atoms with van der Waals surface area (Å²) in [6.45, 7) is 1.74. The Morgan fingerprint density at radius 1 is 1.58 bits per heavy atom. The van der Waals surface area contributed by atoms with E-state index in [1.54, 1.807) is 14.0 Å². The second-order valence-corrected chi connectivity index (χ2v) is 3.08. The van der Waals surface area contributed by atoms with E-state index in [4.69, 9.17) is 4.74 Å². The minimum Gasteiger partial charge on any atom is -0.370 e. The molecule has 2 nitrogen and oxygen atoms in total. The van der Waals surface area contributed by atoms with Crippen molar-refractivity contribution in [1.29, 1.82) is 0 Å². The van der Waals surface area contributed by atoms with E-state index in [0.29, 0.717) is 6.42 Å². The summed E-state index contributed by atoms with van der Waals surface area (Å²) in [5.41, 5.74) is -0.468. The van der Waals surface area contributed by atoms with Gasteiger partial charge in [-0.3, -0.25) is 4.79 Å². The topological polar surface area (TPSA) is 26.3 Å². The molecule has 66 valence electrons. The van der Waals surface area contributed by atoms with Gasteiger partial charge in [0, 0.05) is 7.11 Å². The van der Waals surface area contributed by atoms with E-state index < -0.39 is 5.60 Å². The van der Waals surface area contributed by atoms with Crippen LogP contribution < -0.4 is 0 Å². The Kier molecular flexibility index (Phi) is 2.88. The SMILES string of the molecule is CC#CCC(=O)C1(OC)CCC1. The number of ketones is 1. The average molecular weight is 166 g/mol. The van der Waals surface area contributed by atoms with Gasteiger partial charge in [0.1, 0.15) is 5.60 Å². The third kappa shape index (κ3) is 1.51. The molecule has 0 N–H and O–H groups in total. The van der Waals surface area contributed by atoms with Crippen LogP contribution in [0.3, 0.4) is 0 Å². The molecular formula is C10H14O2. The minimum absolute atomic E-state index is 0.144. The van der Waals surface area contributed by atoms with Gasteiger partial charge in [-0.15, -0.1) is 5.92 Å². The summed E-state index contributed by atoms with van der Waals surface area (Å²) in [4.78, 5) is 11.5. The highest BCUT2D eigenvalue weighted by Gasteiger charge is 2.43. The number of carbonyl (C=O) groups excluding carboxylic acids is 1. The van der Waals surface area contributed by atoms with E-state index in [-0.39, 0.29) is 5.78 Å². The molecule has 1 fully saturated rings. The van der Waals surface area contributed by atoms with Gasteiger partial charge in [0.25, 0.3) is 0 Å². The summed E-state index contributed by atoms with van der Waals surface area (Å²) in [5, 5.41) is 0. The van der Waals surface area contributed by atoms with Gasteiger partial charge in [0.05, 0.1) is 6.42 Å². The first-order valence-electron chi connectivity index (χ1n) is 4.23. The summed E-state index contributed by atoms with van der Waals surface area (Å²) < 4.78 is 5.22. The zero-order valence-electron chi connectivity index (χ0n) is 7.64. The summed E-state index contributed by atoms with van der Waals surface area (Å²) in [6, 6.07) is 0. The first-order chi connectivity index (χ1) is 5.75. The third-order valence-corrected chi connectivity index (χ3v) is 2.49. The molecule has 2 heteroatoms. The average Bonchev–Trinajstić information content (AvgIpc) is 2.00. The first kappa shape index (κ1) is 9.28. The van der Waals surface area contributed by atoms with E-state index >= 15 is 0 Å². The Balaban J connectivity index is 2.52. The van der Waals surface area contributed by atoms with Crippen molar-refractivity contribution >= 4 is 5.78 Å². The van der Waals surface area contributed by atoms with Crippen LogP contribution in [0.15, 0.2) is 0 Å². The number of methoxy groups -OCH3 is 1. The van der Waals surface area contributed by atoms with Gasteiger partial charge in [-0.05, 0) is 26.2 Å². The van der Waals surface area contributed by atoms with E-state index in [1.807, 2.05) is 0 Å². The number of ether oxygens (including phenoxy) is 1. The molecular weight excluding hydrogens is 152 g/mol. The molecule has 1 aliphatic rings. The molecule has 0 bridgehead atoms. The molecule has 0 saturated heterocycles. The van der Waals surface area contributed by atoms with Crippen LogP contribution in [0, 0.1) is 11.8 Å². The Labute approximate surface area is 73.3 Å². The van der Waals surface area contributed by atoms with Gasteiger partial charge in [0.2, 0.25) is 0 Å². The Morgan fingerprint density at radius 3 is 2.58 bits per heavy atom. The van der Waals surface area contributed by atoms with Crippen LogP contribution in [0.25, 0.3) is 0 Å². The predicted molar refractivity (Wildman–Crippen MR) is 46.7 cm³/mol. The maximum absolute atomic E-state index is 11.5. The fourth-order valence-corrected chi connectivity index (χ4v) is 1.42. The highest BCUT2D eigenvalue weighted by Crippen LogP contribution is 2.36. The fourth-order valence-electron chi connectivity index (χ4n) is 1.42. The molecule has 1 rings (SSSR count). The van der Waals surface area contributed by atoms with Crippen LogP contribution in [0.1, 0.15) is 32.6 Å². The molecule has 0 aromatic rings. The predicted octanol–water partition coefficient (Wildman–Crippen LogP) is 1.54. The summed E-state index contributed by atoms with van der Waals surface area (Å²) in [6.07, 6.45) is 3.17. The van der Waals surface area contributed by atoms with E-state index in [2.05, 4.69) is 11.8 Å². The second kappa shape index (κ2) is 3.73. The number of hydrogen-bond donors (Lipinski definition) is 0. The van der Waals surface area contributed by atoms with Crippen LogP contribution in [0.4, 0.5) is 0 Å². The van der Waals surface area contributed by atoms with Crippen molar-refractivity contribution in [1.82, 2.24) is 0 Å². The number of rotatable bonds is 3. The van der Waals surface area contributed by atoms with E-state index in [9.17, 15) is 4.79 Å². The quantitative estimate of drug-likeness (QED) is 0.594. The largest absolute Gasteiger partial charge is 0.370 e. The molecule has 0 aromatic carbocycles. The van der Waals surface area contributed by atoms with Gasteiger partial charge >= 0.3 is 0 Å². The molecule has 0 spiro atoms.